The Labute approximate surface area is 65.2 Å². The molecule has 1 heterocycles. The fourth-order valence-electron chi connectivity index (χ4n) is 0.697. The molecule has 3 heteroatoms. The van der Waals surface area contributed by atoms with E-state index in [1.54, 1.807) is 12.3 Å². The van der Waals surface area contributed by atoms with Crippen molar-refractivity contribution < 1.29 is 0 Å². The number of hydrogen-bond acceptors (Lipinski definition) is 2. The summed E-state index contributed by atoms with van der Waals surface area (Å²) in [7, 11) is 3.50. The summed E-state index contributed by atoms with van der Waals surface area (Å²) < 4.78 is 0. The van der Waals surface area contributed by atoms with Crippen LogP contribution in [0.15, 0.2) is 18.3 Å². The van der Waals surface area contributed by atoms with Crippen molar-refractivity contribution in [2.45, 2.75) is 6.54 Å². The van der Waals surface area contributed by atoms with Crippen LogP contribution in [0.1, 0.15) is 5.56 Å². The molecule has 0 saturated carbocycles. The summed E-state index contributed by atoms with van der Waals surface area (Å²) in [4.78, 5) is 3.84. The van der Waals surface area contributed by atoms with Crippen molar-refractivity contribution in [3.8, 4) is 0 Å². The average molecular weight is 156 g/mol. The first-order valence-electron chi connectivity index (χ1n) is 2.93. The second kappa shape index (κ2) is 3.54. The highest BCUT2D eigenvalue weighted by Gasteiger charge is 1.91. The first-order chi connectivity index (χ1) is 4.83. The van der Waals surface area contributed by atoms with Gasteiger partial charge in [-0.05, 0) is 17.7 Å². The van der Waals surface area contributed by atoms with Gasteiger partial charge in [0.15, 0.2) is 0 Å². The van der Waals surface area contributed by atoms with Crippen LogP contribution in [0.25, 0.3) is 0 Å². The zero-order chi connectivity index (χ0) is 7.40. The lowest BCUT2D eigenvalue weighted by molar-refractivity contribution is 0.864. The quantitative estimate of drug-likeness (QED) is 0.657. The Kier molecular flexibility index (Phi) is 2.66. The molecule has 0 amide bonds. The fraction of sp³-hybridized carbons (Fsp3) is 0.143. The van der Waals surface area contributed by atoms with Crippen LogP contribution in [0.4, 0.5) is 0 Å². The standard InChI is InChI=1S/C7H8ClN2/c1-9-5-6-2-3-10-7(8)4-6/h2-4,9H,1,5H2. The third kappa shape index (κ3) is 1.97. The highest BCUT2D eigenvalue weighted by molar-refractivity contribution is 6.29. The van der Waals surface area contributed by atoms with Crippen molar-refractivity contribution in [2.75, 3.05) is 0 Å². The maximum atomic E-state index is 5.62. The molecule has 0 spiro atoms. The summed E-state index contributed by atoms with van der Waals surface area (Å²) in [6.45, 7) is 0.724. The molecule has 2 nitrogen and oxygen atoms in total. The van der Waals surface area contributed by atoms with Crippen molar-refractivity contribution in [2.24, 2.45) is 0 Å². The Balaban J connectivity index is 2.75. The molecule has 0 atom stereocenters. The van der Waals surface area contributed by atoms with Gasteiger partial charge in [-0.2, -0.15) is 0 Å². The van der Waals surface area contributed by atoms with Gasteiger partial charge in [0, 0.05) is 19.8 Å². The summed E-state index contributed by atoms with van der Waals surface area (Å²) in [5.74, 6) is 0. The van der Waals surface area contributed by atoms with Crippen molar-refractivity contribution in [1.82, 2.24) is 10.3 Å². The average Bonchev–Trinajstić information content (AvgIpc) is 1.88. The molecule has 0 fully saturated rings. The monoisotopic (exact) mass is 155 g/mol. The van der Waals surface area contributed by atoms with Gasteiger partial charge in [0.2, 0.25) is 0 Å². The molecule has 1 aromatic rings. The number of halogens is 1. The van der Waals surface area contributed by atoms with E-state index in [0.29, 0.717) is 5.15 Å². The third-order valence-corrected chi connectivity index (χ3v) is 1.33. The van der Waals surface area contributed by atoms with Gasteiger partial charge in [0.05, 0.1) is 0 Å². The van der Waals surface area contributed by atoms with E-state index in [0.717, 1.165) is 12.1 Å². The zero-order valence-corrected chi connectivity index (χ0v) is 6.23. The molecule has 1 rings (SSSR count). The van der Waals surface area contributed by atoms with Crippen LogP contribution in [0.3, 0.4) is 0 Å². The maximum Gasteiger partial charge on any atom is 0.129 e. The largest absolute Gasteiger partial charge is 0.311 e. The lowest BCUT2D eigenvalue weighted by Crippen LogP contribution is -2.01. The van der Waals surface area contributed by atoms with Crippen molar-refractivity contribution in [3.05, 3.63) is 36.1 Å². The van der Waals surface area contributed by atoms with Gasteiger partial charge in [-0.25, -0.2) is 4.98 Å². The predicted molar refractivity (Wildman–Crippen MR) is 41.4 cm³/mol. The van der Waals surface area contributed by atoms with Gasteiger partial charge in [0.1, 0.15) is 5.15 Å². The SMILES string of the molecule is [CH2]NCc1ccnc(Cl)c1. The van der Waals surface area contributed by atoms with Crippen molar-refractivity contribution >= 4 is 11.6 Å². The zero-order valence-electron chi connectivity index (χ0n) is 5.47. The minimum Gasteiger partial charge on any atom is -0.311 e. The number of pyridine rings is 1. The Morgan fingerprint density at radius 2 is 2.50 bits per heavy atom. The molecule has 0 unspecified atom stereocenters. The molecular weight excluding hydrogens is 148 g/mol. The van der Waals surface area contributed by atoms with E-state index in [-0.39, 0.29) is 0 Å². The second-order valence-electron chi connectivity index (χ2n) is 1.91. The van der Waals surface area contributed by atoms with Gasteiger partial charge < -0.3 is 5.32 Å². The number of nitrogens with zero attached hydrogens (tertiary/aromatic N) is 1. The molecule has 0 aliphatic heterocycles. The highest BCUT2D eigenvalue weighted by Crippen LogP contribution is 2.05. The molecule has 1 aromatic heterocycles. The summed E-state index contributed by atoms with van der Waals surface area (Å²) in [5.41, 5.74) is 1.09. The van der Waals surface area contributed by atoms with E-state index in [4.69, 9.17) is 11.6 Å². The van der Waals surface area contributed by atoms with Crippen LogP contribution in [0.5, 0.6) is 0 Å². The third-order valence-electron chi connectivity index (χ3n) is 1.12. The normalized spacial score (nSPS) is 9.80. The fourth-order valence-corrected chi connectivity index (χ4v) is 0.893. The Morgan fingerprint density at radius 1 is 1.70 bits per heavy atom. The number of hydrogen-bond donors (Lipinski definition) is 1. The van der Waals surface area contributed by atoms with Crippen molar-refractivity contribution in [1.29, 1.82) is 0 Å². The first-order valence-corrected chi connectivity index (χ1v) is 3.31. The second-order valence-corrected chi connectivity index (χ2v) is 2.30. The Morgan fingerprint density at radius 3 is 3.10 bits per heavy atom. The lowest BCUT2D eigenvalue weighted by Gasteiger charge is -1.97. The van der Waals surface area contributed by atoms with E-state index in [1.807, 2.05) is 6.07 Å². The molecule has 0 bridgehead atoms. The minimum atomic E-state index is 0.521. The van der Waals surface area contributed by atoms with Crippen molar-refractivity contribution in [3.63, 3.8) is 0 Å². The molecule has 53 valence electrons. The predicted octanol–water partition coefficient (Wildman–Crippen LogP) is 1.62. The van der Waals surface area contributed by atoms with Gasteiger partial charge in [0.25, 0.3) is 0 Å². The Bertz CT molecular complexity index is 213. The highest BCUT2D eigenvalue weighted by atomic mass is 35.5. The van der Waals surface area contributed by atoms with Gasteiger partial charge in [-0.1, -0.05) is 11.6 Å². The number of nitrogens with one attached hydrogen (secondary N) is 1. The van der Waals surface area contributed by atoms with E-state index in [2.05, 4.69) is 17.3 Å². The van der Waals surface area contributed by atoms with Crippen LogP contribution in [-0.4, -0.2) is 4.98 Å². The van der Waals surface area contributed by atoms with Gasteiger partial charge in [-0.3, -0.25) is 0 Å². The topological polar surface area (TPSA) is 24.9 Å². The van der Waals surface area contributed by atoms with E-state index in [9.17, 15) is 0 Å². The first kappa shape index (κ1) is 7.51. The van der Waals surface area contributed by atoms with Crippen LogP contribution in [-0.2, 0) is 6.54 Å². The molecule has 10 heavy (non-hydrogen) atoms. The van der Waals surface area contributed by atoms with E-state index >= 15 is 0 Å². The smallest absolute Gasteiger partial charge is 0.129 e. The maximum absolute atomic E-state index is 5.62. The van der Waals surface area contributed by atoms with E-state index < -0.39 is 0 Å². The lowest BCUT2D eigenvalue weighted by atomic mass is 10.3. The van der Waals surface area contributed by atoms with E-state index in [1.165, 1.54) is 0 Å². The number of aromatic nitrogens is 1. The molecule has 1 N–H and O–H groups in total. The molecule has 1 radical (unpaired) electrons. The summed E-state index contributed by atoms with van der Waals surface area (Å²) in [6.07, 6.45) is 1.68. The molecule has 0 aromatic carbocycles. The molecule has 0 saturated heterocycles. The summed E-state index contributed by atoms with van der Waals surface area (Å²) in [5, 5.41) is 3.30. The molecular formula is C7H8ClN2. The van der Waals surface area contributed by atoms with Gasteiger partial charge in [-0.15, -0.1) is 0 Å². The van der Waals surface area contributed by atoms with Crippen LogP contribution in [0, 0.1) is 7.05 Å². The molecule has 0 aliphatic carbocycles. The van der Waals surface area contributed by atoms with Crippen LogP contribution < -0.4 is 5.32 Å². The van der Waals surface area contributed by atoms with Crippen LogP contribution in [0.2, 0.25) is 5.15 Å². The van der Waals surface area contributed by atoms with Crippen LogP contribution >= 0.6 is 11.6 Å². The summed E-state index contributed by atoms with van der Waals surface area (Å²) >= 11 is 5.62. The number of rotatable bonds is 2. The summed E-state index contributed by atoms with van der Waals surface area (Å²) in [6, 6.07) is 3.70. The minimum absolute atomic E-state index is 0.521. The Hall–Kier alpha value is -0.600. The van der Waals surface area contributed by atoms with Gasteiger partial charge >= 0.3 is 0 Å². The molecule has 0 aliphatic rings.